The molecule has 2 atom stereocenters. The summed E-state index contributed by atoms with van der Waals surface area (Å²) >= 11 is 0. The molecule has 0 bridgehead atoms. The summed E-state index contributed by atoms with van der Waals surface area (Å²) in [5, 5.41) is 18.8. The van der Waals surface area contributed by atoms with E-state index in [2.05, 4.69) is 30.8 Å². The van der Waals surface area contributed by atoms with Crippen molar-refractivity contribution >= 4 is 12.6 Å². The van der Waals surface area contributed by atoms with Gasteiger partial charge in [0, 0.05) is 25.7 Å². The minimum atomic E-state index is -1.39. The topological polar surface area (TPSA) is 46.9 Å². The maximum atomic E-state index is 9.40. The molecule has 1 fully saturated rings. The summed E-state index contributed by atoms with van der Waals surface area (Å²) in [6, 6.07) is 8.12. The monoisotopic (exact) mass is 262 g/mol. The van der Waals surface area contributed by atoms with Crippen molar-refractivity contribution in [2.24, 2.45) is 5.92 Å². The van der Waals surface area contributed by atoms with Gasteiger partial charge < -0.3 is 14.9 Å². The van der Waals surface area contributed by atoms with Gasteiger partial charge in [0.25, 0.3) is 0 Å². The first kappa shape index (κ1) is 14.5. The van der Waals surface area contributed by atoms with Crippen LogP contribution in [0.5, 0.6) is 0 Å². The fourth-order valence-corrected chi connectivity index (χ4v) is 3.02. The van der Waals surface area contributed by atoms with E-state index >= 15 is 0 Å². The van der Waals surface area contributed by atoms with Crippen LogP contribution in [0.4, 0.5) is 0 Å². The maximum absolute atomic E-state index is 9.40. The summed E-state index contributed by atoms with van der Waals surface area (Å²) in [7, 11) is 2.85. The fourth-order valence-electron chi connectivity index (χ4n) is 3.02. The van der Waals surface area contributed by atoms with E-state index in [1.807, 2.05) is 18.2 Å². The lowest BCUT2D eigenvalue weighted by molar-refractivity contribution is 0.250. The van der Waals surface area contributed by atoms with Gasteiger partial charge in [-0.25, -0.2) is 0 Å². The predicted octanol–water partition coefficient (Wildman–Crippen LogP) is -0.252. The van der Waals surface area contributed by atoms with E-state index < -0.39 is 7.12 Å². The molecule has 2 rings (SSSR count). The molecule has 0 aliphatic carbocycles. The minimum Gasteiger partial charge on any atom is -0.423 e. The van der Waals surface area contributed by atoms with Crippen molar-refractivity contribution in [2.45, 2.75) is 19.5 Å². The number of nitrogens with zero attached hydrogens (tertiary/aromatic N) is 2. The summed E-state index contributed by atoms with van der Waals surface area (Å²) < 4.78 is 0. The van der Waals surface area contributed by atoms with Gasteiger partial charge in [-0.05, 0) is 31.0 Å². The molecular weight excluding hydrogens is 239 g/mol. The van der Waals surface area contributed by atoms with Crippen molar-refractivity contribution in [2.75, 3.05) is 27.2 Å². The number of hydrogen-bond donors (Lipinski definition) is 2. The molecule has 0 spiro atoms. The van der Waals surface area contributed by atoms with Crippen molar-refractivity contribution in [1.82, 2.24) is 9.80 Å². The number of likely N-dealkylation sites (tertiary alicyclic amines) is 1. The lowest BCUT2D eigenvalue weighted by Crippen LogP contribution is -2.36. The van der Waals surface area contributed by atoms with Gasteiger partial charge in [0.05, 0.1) is 0 Å². The molecule has 2 N–H and O–H groups in total. The highest BCUT2D eigenvalue weighted by atomic mass is 16.4. The summed E-state index contributed by atoms with van der Waals surface area (Å²) in [5.74, 6) is 0.640. The Hall–Kier alpha value is -0.875. The Kier molecular flexibility index (Phi) is 4.63. The van der Waals surface area contributed by atoms with Gasteiger partial charge in [0.2, 0.25) is 0 Å². The number of rotatable bonds is 4. The Bertz CT molecular complexity index is 426. The Morgan fingerprint density at radius 3 is 2.53 bits per heavy atom. The van der Waals surface area contributed by atoms with Crippen LogP contribution in [0.25, 0.3) is 0 Å². The highest BCUT2D eigenvalue weighted by Crippen LogP contribution is 2.21. The second-order valence-corrected chi connectivity index (χ2v) is 5.77. The highest BCUT2D eigenvalue weighted by Gasteiger charge is 2.31. The Morgan fingerprint density at radius 2 is 1.95 bits per heavy atom. The summed E-state index contributed by atoms with van der Waals surface area (Å²) in [5.41, 5.74) is 1.62. The molecular formula is C14H23BN2O2. The minimum absolute atomic E-state index is 0.575. The summed E-state index contributed by atoms with van der Waals surface area (Å²) in [4.78, 5) is 4.66. The Balaban J connectivity index is 2.07. The van der Waals surface area contributed by atoms with Gasteiger partial charge in [0.1, 0.15) is 0 Å². The molecule has 1 heterocycles. The van der Waals surface area contributed by atoms with Crippen LogP contribution < -0.4 is 5.46 Å². The van der Waals surface area contributed by atoms with Crippen molar-refractivity contribution in [1.29, 1.82) is 0 Å². The molecule has 0 saturated carbocycles. The van der Waals surface area contributed by atoms with Crippen LogP contribution in [-0.2, 0) is 6.54 Å². The first-order chi connectivity index (χ1) is 8.99. The zero-order chi connectivity index (χ0) is 14.0. The third kappa shape index (κ3) is 3.36. The molecule has 4 nitrogen and oxygen atoms in total. The number of likely N-dealkylation sites (N-methyl/N-ethyl adjacent to an activating group) is 1. The third-order valence-electron chi connectivity index (χ3n) is 4.04. The maximum Gasteiger partial charge on any atom is 0.488 e. The van der Waals surface area contributed by atoms with E-state index in [-0.39, 0.29) is 0 Å². The van der Waals surface area contributed by atoms with Gasteiger partial charge in [0.15, 0.2) is 0 Å². The van der Waals surface area contributed by atoms with Crippen molar-refractivity contribution < 1.29 is 10.0 Å². The smallest absolute Gasteiger partial charge is 0.423 e. The van der Waals surface area contributed by atoms with Gasteiger partial charge in [-0.1, -0.05) is 31.2 Å². The molecule has 1 aromatic rings. The first-order valence-corrected chi connectivity index (χ1v) is 6.81. The molecule has 2 unspecified atom stereocenters. The summed E-state index contributed by atoms with van der Waals surface area (Å²) in [6.07, 6.45) is 0. The van der Waals surface area contributed by atoms with E-state index in [0.717, 1.165) is 25.2 Å². The molecule has 1 saturated heterocycles. The van der Waals surface area contributed by atoms with Crippen molar-refractivity contribution in [3.63, 3.8) is 0 Å². The lowest BCUT2D eigenvalue weighted by Gasteiger charge is -2.23. The van der Waals surface area contributed by atoms with Gasteiger partial charge in [-0.2, -0.15) is 0 Å². The highest BCUT2D eigenvalue weighted by molar-refractivity contribution is 6.59. The molecule has 1 aliphatic rings. The molecule has 1 aliphatic heterocycles. The zero-order valence-corrected chi connectivity index (χ0v) is 12.0. The van der Waals surface area contributed by atoms with E-state index in [1.165, 1.54) is 0 Å². The van der Waals surface area contributed by atoms with Crippen molar-refractivity contribution in [3.05, 3.63) is 29.8 Å². The Labute approximate surface area is 115 Å². The second-order valence-electron chi connectivity index (χ2n) is 5.77. The number of benzene rings is 1. The third-order valence-corrected chi connectivity index (χ3v) is 4.04. The van der Waals surface area contributed by atoms with Gasteiger partial charge in [-0.15, -0.1) is 0 Å². The van der Waals surface area contributed by atoms with Crippen LogP contribution in [0, 0.1) is 5.92 Å². The van der Waals surface area contributed by atoms with Crippen molar-refractivity contribution in [3.8, 4) is 0 Å². The Morgan fingerprint density at radius 1 is 1.26 bits per heavy atom. The average molecular weight is 262 g/mol. The predicted molar refractivity (Wildman–Crippen MR) is 78.2 cm³/mol. The SMILES string of the molecule is CC1CN(Cc2ccccc2B(O)O)CC1N(C)C. The van der Waals surface area contributed by atoms with E-state index in [9.17, 15) is 10.0 Å². The fraction of sp³-hybridized carbons (Fsp3) is 0.571. The van der Waals surface area contributed by atoms with Crippen LogP contribution in [0.1, 0.15) is 12.5 Å². The molecule has 5 heteroatoms. The van der Waals surface area contributed by atoms with Gasteiger partial charge in [-0.3, -0.25) is 4.90 Å². The standard InChI is InChI=1S/C14H23BN2O2/c1-11-8-17(10-14(11)16(2)3)9-12-6-4-5-7-13(12)15(18)19/h4-7,11,14,18-19H,8-10H2,1-3H3. The largest absolute Gasteiger partial charge is 0.488 e. The molecule has 0 amide bonds. The normalized spacial score (nSPS) is 24.1. The summed E-state index contributed by atoms with van der Waals surface area (Å²) in [6.45, 7) is 5.14. The van der Waals surface area contributed by atoms with E-state index in [4.69, 9.17) is 0 Å². The average Bonchev–Trinajstić information content (AvgIpc) is 2.71. The number of hydrogen-bond acceptors (Lipinski definition) is 4. The van der Waals surface area contributed by atoms with E-state index in [0.29, 0.717) is 17.4 Å². The first-order valence-electron chi connectivity index (χ1n) is 6.81. The van der Waals surface area contributed by atoms with Gasteiger partial charge >= 0.3 is 7.12 Å². The quantitative estimate of drug-likeness (QED) is 0.734. The van der Waals surface area contributed by atoms with Crippen LogP contribution >= 0.6 is 0 Å². The van der Waals surface area contributed by atoms with Crippen LogP contribution in [0.2, 0.25) is 0 Å². The van der Waals surface area contributed by atoms with Crippen LogP contribution in [-0.4, -0.2) is 60.2 Å². The zero-order valence-electron chi connectivity index (χ0n) is 12.0. The van der Waals surface area contributed by atoms with Crippen LogP contribution in [0.3, 0.4) is 0 Å². The van der Waals surface area contributed by atoms with Crippen LogP contribution in [0.15, 0.2) is 24.3 Å². The molecule has 1 aromatic carbocycles. The van der Waals surface area contributed by atoms with E-state index in [1.54, 1.807) is 6.07 Å². The second kappa shape index (κ2) is 6.05. The molecule has 19 heavy (non-hydrogen) atoms. The molecule has 104 valence electrons. The molecule has 0 radical (unpaired) electrons. The molecule has 0 aromatic heterocycles. The lowest BCUT2D eigenvalue weighted by atomic mass is 9.77.